The minimum atomic E-state index is -0.291. The summed E-state index contributed by atoms with van der Waals surface area (Å²) in [5.74, 6) is 0.112. The van der Waals surface area contributed by atoms with Crippen LogP contribution in [0.5, 0.6) is 0 Å². The normalized spacial score (nSPS) is 18.1. The van der Waals surface area contributed by atoms with Crippen LogP contribution in [0.15, 0.2) is 24.3 Å². The molecule has 5 heteroatoms. The quantitative estimate of drug-likeness (QED) is 0.869. The Morgan fingerprint density at radius 3 is 2.76 bits per heavy atom. The van der Waals surface area contributed by atoms with Crippen molar-refractivity contribution in [1.29, 1.82) is 0 Å². The number of nitrogens with one attached hydrogen (secondary N) is 2. The maximum Gasteiger partial charge on any atom is 0.221 e. The van der Waals surface area contributed by atoms with Crippen LogP contribution in [0.3, 0.4) is 0 Å². The van der Waals surface area contributed by atoms with Crippen molar-refractivity contribution >= 4 is 29.9 Å². The third kappa shape index (κ3) is 5.85. The van der Waals surface area contributed by atoms with E-state index in [2.05, 4.69) is 10.6 Å². The average molecular weight is 331 g/mol. The molecule has 1 heterocycles. The van der Waals surface area contributed by atoms with Crippen molar-refractivity contribution in [2.45, 2.75) is 51.1 Å². The zero-order valence-corrected chi connectivity index (χ0v) is 14.2. The van der Waals surface area contributed by atoms with E-state index in [1.54, 1.807) is 0 Å². The summed E-state index contributed by atoms with van der Waals surface area (Å²) in [5.41, 5.74) is 0.777. The van der Waals surface area contributed by atoms with E-state index in [-0.39, 0.29) is 23.9 Å². The van der Waals surface area contributed by atoms with Gasteiger partial charge in [0.05, 0.1) is 0 Å². The fourth-order valence-corrected chi connectivity index (χ4v) is 2.95. The van der Waals surface area contributed by atoms with Gasteiger partial charge in [0.25, 0.3) is 0 Å². The molecule has 21 heavy (non-hydrogen) atoms. The Morgan fingerprint density at radius 1 is 1.43 bits per heavy atom. The second kappa shape index (κ2) is 8.02. The molecule has 3 nitrogen and oxygen atoms in total. The van der Waals surface area contributed by atoms with Gasteiger partial charge in [-0.15, -0.1) is 12.4 Å². The molecule has 2 rings (SSSR count). The van der Waals surface area contributed by atoms with E-state index in [9.17, 15) is 4.79 Å². The van der Waals surface area contributed by atoms with Gasteiger partial charge in [-0.2, -0.15) is 0 Å². The highest BCUT2D eigenvalue weighted by atomic mass is 35.5. The van der Waals surface area contributed by atoms with Crippen LogP contribution in [-0.2, 0) is 11.2 Å². The van der Waals surface area contributed by atoms with Gasteiger partial charge in [-0.3, -0.25) is 4.79 Å². The number of hydrogen-bond donors (Lipinski definition) is 2. The van der Waals surface area contributed by atoms with E-state index >= 15 is 0 Å². The summed E-state index contributed by atoms with van der Waals surface area (Å²) in [6.07, 6.45) is 3.56. The second-order valence-electron chi connectivity index (χ2n) is 6.20. The number of carbonyl (C=O) groups is 1. The summed E-state index contributed by atoms with van der Waals surface area (Å²) in [5, 5.41) is 7.23. The highest BCUT2D eigenvalue weighted by molar-refractivity contribution is 6.31. The first kappa shape index (κ1) is 18.3. The van der Waals surface area contributed by atoms with Crippen molar-refractivity contribution in [3.8, 4) is 0 Å². The summed E-state index contributed by atoms with van der Waals surface area (Å²) in [7, 11) is 0. The lowest BCUT2D eigenvalue weighted by Crippen LogP contribution is -2.46. The first-order valence-corrected chi connectivity index (χ1v) is 7.62. The summed E-state index contributed by atoms with van der Waals surface area (Å²) in [6, 6.07) is 8.13. The van der Waals surface area contributed by atoms with Crippen molar-refractivity contribution in [2.75, 3.05) is 6.54 Å². The average Bonchev–Trinajstić information content (AvgIpc) is 2.83. The monoisotopic (exact) mass is 330 g/mol. The maximum atomic E-state index is 12.1. The van der Waals surface area contributed by atoms with Gasteiger partial charge in [0.2, 0.25) is 5.91 Å². The van der Waals surface area contributed by atoms with Gasteiger partial charge in [0.15, 0.2) is 0 Å². The Morgan fingerprint density at radius 2 is 2.14 bits per heavy atom. The molecule has 1 fully saturated rings. The standard InChI is InChI=1S/C16H23ClN2O.ClH/c1-16(2,11-12-6-3-4-8-14(12)17)19-15(20)10-13-7-5-9-18-13;/h3-4,6,8,13,18H,5,7,9-11H2,1-2H3,(H,19,20);1H. The lowest BCUT2D eigenvalue weighted by Gasteiger charge is -2.27. The number of carbonyl (C=O) groups excluding carboxylic acids is 1. The molecule has 0 aliphatic carbocycles. The van der Waals surface area contributed by atoms with Gasteiger partial charge in [-0.1, -0.05) is 29.8 Å². The molecule has 0 saturated carbocycles. The highest BCUT2D eigenvalue weighted by Gasteiger charge is 2.24. The van der Waals surface area contributed by atoms with Crippen LogP contribution in [0.25, 0.3) is 0 Å². The van der Waals surface area contributed by atoms with E-state index < -0.39 is 0 Å². The van der Waals surface area contributed by atoms with Gasteiger partial charge >= 0.3 is 0 Å². The molecule has 1 amide bonds. The molecule has 1 aromatic rings. The molecule has 1 unspecified atom stereocenters. The van der Waals surface area contributed by atoms with E-state index in [4.69, 9.17) is 11.6 Å². The van der Waals surface area contributed by atoms with Crippen molar-refractivity contribution < 1.29 is 4.79 Å². The first-order chi connectivity index (χ1) is 9.46. The SMILES string of the molecule is CC(C)(Cc1ccccc1Cl)NC(=O)CC1CCCN1.Cl. The molecule has 0 bridgehead atoms. The topological polar surface area (TPSA) is 41.1 Å². The highest BCUT2D eigenvalue weighted by Crippen LogP contribution is 2.21. The van der Waals surface area contributed by atoms with Crippen molar-refractivity contribution in [3.05, 3.63) is 34.9 Å². The maximum absolute atomic E-state index is 12.1. The van der Waals surface area contributed by atoms with E-state index in [1.807, 2.05) is 38.1 Å². The predicted molar refractivity (Wildman–Crippen MR) is 90.3 cm³/mol. The van der Waals surface area contributed by atoms with Crippen LogP contribution in [0.2, 0.25) is 5.02 Å². The number of benzene rings is 1. The number of halogens is 2. The minimum Gasteiger partial charge on any atom is -0.351 e. The summed E-state index contributed by atoms with van der Waals surface area (Å²) in [4.78, 5) is 12.1. The number of hydrogen-bond acceptors (Lipinski definition) is 2. The molecule has 2 N–H and O–H groups in total. The van der Waals surface area contributed by atoms with Gasteiger partial charge in [0, 0.05) is 23.0 Å². The molecule has 1 aromatic carbocycles. The fourth-order valence-electron chi connectivity index (χ4n) is 2.75. The lowest BCUT2D eigenvalue weighted by molar-refractivity contribution is -0.123. The Kier molecular flexibility index (Phi) is 6.98. The third-order valence-electron chi connectivity index (χ3n) is 3.66. The fraction of sp³-hybridized carbons (Fsp3) is 0.562. The van der Waals surface area contributed by atoms with Crippen molar-refractivity contribution in [1.82, 2.24) is 10.6 Å². The predicted octanol–water partition coefficient (Wildman–Crippen LogP) is 3.34. The molecule has 0 spiro atoms. The van der Waals surface area contributed by atoms with Crippen molar-refractivity contribution in [3.63, 3.8) is 0 Å². The van der Waals surface area contributed by atoms with Crippen LogP contribution in [0.1, 0.15) is 38.7 Å². The molecule has 1 saturated heterocycles. The van der Waals surface area contributed by atoms with Crippen LogP contribution in [-0.4, -0.2) is 24.0 Å². The number of rotatable bonds is 5. The van der Waals surface area contributed by atoms with Crippen molar-refractivity contribution in [2.24, 2.45) is 0 Å². The second-order valence-corrected chi connectivity index (χ2v) is 6.60. The Bertz CT molecular complexity index is 471. The van der Waals surface area contributed by atoms with E-state index in [0.717, 1.165) is 30.0 Å². The van der Waals surface area contributed by atoms with Gasteiger partial charge in [-0.25, -0.2) is 0 Å². The van der Waals surface area contributed by atoms with Gasteiger partial charge in [-0.05, 0) is 51.3 Å². The van der Waals surface area contributed by atoms with Crippen LogP contribution >= 0.6 is 24.0 Å². The third-order valence-corrected chi connectivity index (χ3v) is 4.03. The Hall–Kier alpha value is -0.770. The Balaban J connectivity index is 0.00000220. The number of amides is 1. The molecular weight excluding hydrogens is 307 g/mol. The zero-order chi connectivity index (χ0) is 14.6. The van der Waals surface area contributed by atoms with E-state index in [0.29, 0.717) is 12.5 Å². The minimum absolute atomic E-state index is 0. The molecule has 1 aliphatic rings. The smallest absolute Gasteiger partial charge is 0.221 e. The Labute approximate surface area is 138 Å². The summed E-state index contributed by atoms with van der Waals surface area (Å²) < 4.78 is 0. The lowest BCUT2D eigenvalue weighted by atomic mass is 9.94. The van der Waals surface area contributed by atoms with Crippen LogP contribution in [0.4, 0.5) is 0 Å². The summed E-state index contributed by atoms with van der Waals surface area (Å²) in [6.45, 7) is 5.10. The molecule has 1 aliphatic heterocycles. The van der Waals surface area contributed by atoms with Gasteiger partial charge < -0.3 is 10.6 Å². The first-order valence-electron chi connectivity index (χ1n) is 7.24. The van der Waals surface area contributed by atoms with Gasteiger partial charge in [0.1, 0.15) is 0 Å². The molecular formula is C16H24Cl2N2O. The van der Waals surface area contributed by atoms with Crippen LogP contribution in [0, 0.1) is 0 Å². The molecule has 1 atom stereocenters. The molecule has 0 radical (unpaired) electrons. The summed E-state index contributed by atoms with van der Waals surface area (Å²) >= 11 is 6.18. The molecule has 0 aromatic heterocycles. The molecule has 118 valence electrons. The zero-order valence-electron chi connectivity index (χ0n) is 12.6. The largest absolute Gasteiger partial charge is 0.351 e. The van der Waals surface area contributed by atoms with Crippen LogP contribution < -0.4 is 10.6 Å². The van der Waals surface area contributed by atoms with E-state index in [1.165, 1.54) is 6.42 Å².